The van der Waals surface area contributed by atoms with Crippen LogP contribution in [0, 0.1) is 6.92 Å². The number of benzene rings is 4. The van der Waals surface area contributed by atoms with Gasteiger partial charge >= 0.3 is 6.03 Å². The third kappa shape index (κ3) is 5.58. The number of allylic oxidation sites excluding steroid dienone is 1. The first-order chi connectivity index (χ1) is 19.8. The number of hydrogen-bond donors (Lipinski definition) is 1. The molecule has 1 heterocycles. The third-order valence-electron chi connectivity index (χ3n) is 6.82. The molecule has 8 heteroatoms. The first-order valence-electron chi connectivity index (χ1n) is 12.9. The molecule has 5 rings (SSSR count). The molecule has 0 aromatic heterocycles. The number of imide groups is 2. The SMILES string of the molecule is C=CCc1cc(/C=C2/C(=O)NC(=O)N(c3ccc(C)c(Cl)c3)C2=O)cc(OC)c1OCc1cccc2ccccc12. The second kappa shape index (κ2) is 11.7. The van der Waals surface area contributed by atoms with Gasteiger partial charge in [-0.05, 0) is 71.1 Å². The number of amides is 4. The second-order valence-corrected chi connectivity index (χ2v) is 9.93. The highest BCUT2D eigenvalue weighted by Crippen LogP contribution is 2.36. The summed E-state index contributed by atoms with van der Waals surface area (Å²) in [6, 6.07) is 21.6. The molecule has 1 aliphatic rings. The van der Waals surface area contributed by atoms with Crippen molar-refractivity contribution < 1.29 is 23.9 Å². The van der Waals surface area contributed by atoms with E-state index in [9.17, 15) is 14.4 Å². The van der Waals surface area contributed by atoms with E-state index in [1.165, 1.54) is 19.3 Å². The number of anilines is 1. The highest BCUT2D eigenvalue weighted by Gasteiger charge is 2.37. The van der Waals surface area contributed by atoms with Crippen LogP contribution < -0.4 is 19.7 Å². The Bertz CT molecular complexity index is 1740. The van der Waals surface area contributed by atoms with Crippen LogP contribution in [-0.2, 0) is 22.6 Å². The van der Waals surface area contributed by atoms with Crippen LogP contribution in [0.25, 0.3) is 16.8 Å². The van der Waals surface area contributed by atoms with Crippen molar-refractivity contribution >= 4 is 52.0 Å². The van der Waals surface area contributed by atoms with Crippen LogP contribution in [-0.4, -0.2) is 25.0 Å². The van der Waals surface area contributed by atoms with E-state index in [1.54, 1.807) is 30.3 Å². The maximum Gasteiger partial charge on any atom is 0.335 e. The summed E-state index contributed by atoms with van der Waals surface area (Å²) in [5, 5.41) is 4.84. The van der Waals surface area contributed by atoms with Crippen molar-refractivity contribution in [3.8, 4) is 11.5 Å². The molecular weight excluding hydrogens is 540 g/mol. The second-order valence-electron chi connectivity index (χ2n) is 9.52. The minimum atomic E-state index is -0.848. The normalized spacial score (nSPS) is 14.4. The van der Waals surface area contributed by atoms with Crippen molar-refractivity contribution in [2.75, 3.05) is 12.0 Å². The largest absolute Gasteiger partial charge is 0.493 e. The standard InChI is InChI=1S/C33H27ClN2O5/c1-4-8-23-15-21(16-27-31(37)35-33(39)36(32(27)38)25-14-13-20(2)28(34)18-25)17-29(40-3)30(23)41-19-24-11-7-10-22-9-5-6-12-26(22)24/h4-7,9-18H,1,8,19H2,2-3H3,(H,35,37,39)/b27-16-. The van der Waals surface area contributed by atoms with Crippen LogP contribution in [0.1, 0.15) is 22.3 Å². The zero-order valence-corrected chi connectivity index (χ0v) is 23.3. The van der Waals surface area contributed by atoms with Gasteiger partial charge in [-0.15, -0.1) is 6.58 Å². The molecule has 4 amide bonds. The van der Waals surface area contributed by atoms with Gasteiger partial charge in [-0.3, -0.25) is 14.9 Å². The molecule has 1 fully saturated rings. The van der Waals surface area contributed by atoms with Crippen LogP contribution in [0.15, 0.2) is 91.0 Å². The molecule has 41 heavy (non-hydrogen) atoms. The van der Waals surface area contributed by atoms with E-state index in [4.69, 9.17) is 21.1 Å². The first-order valence-corrected chi connectivity index (χ1v) is 13.3. The number of aryl methyl sites for hydroxylation is 1. The molecular formula is C33H27ClN2O5. The summed E-state index contributed by atoms with van der Waals surface area (Å²) in [4.78, 5) is 39.7. The summed E-state index contributed by atoms with van der Waals surface area (Å²) >= 11 is 6.23. The number of nitrogens with one attached hydrogen (secondary N) is 1. The van der Waals surface area contributed by atoms with Crippen LogP contribution >= 0.6 is 11.6 Å². The highest BCUT2D eigenvalue weighted by molar-refractivity contribution is 6.39. The zero-order chi connectivity index (χ0) is 29.1. The molecule has 7 nitrogen and oxygen atoms in total. The minimum Gasteiger partial charge on any atom is -0.493 e. The van der Waals surface area contributed by atoms with Crippen LogP contribution in [0.5, 0.6) is 11.5 Å². The molecule has 1 aliphatic heterocycles. The predicted octanol–water partition coefficient (Wildman–Crippen LogP) is 6.78. The van der Waals surface area contributed by atoms with Gasteiger partial charge in [0.25, 0.3) is 11.8 Å². The number of nitrogens with zero attached hydrogens (tertiary/aromatic N) is 1. The fourth-order valence-electron chi connectivity index (χ4n) is 4.74. The van der Waals surface area contributed by atoms with Gasteiger partial charge in [0.05, 0.1) is 12.8 Å². The van der Waals surface area contributed by atoms with Gasteiger partial charge in [0.15, 0.2) is 11.5 Å². The number of methoxy groups -OCH3 is 1. The number of barbiturate groups is 1. The average Bonchev–Trinajstić information content (AvgIpc) is 2.96. The van der Waals surface area contributed by atoms with Crippen molar-refractivity contribution in [2.24, 2.45) is 0 Å². The number of hydrogen-bond acceptors (Lipinski definition) is 5. The Balaban J connectivity index is 1.50. The molecule has 0 bridgehead atoms. The fourth-order valence-corrected chi connectivity index (χ4v) is 4.91. The van der Waals surface area contributed by atoms with E-state index in [-0.39, 0.29) is 11.3 Å². The number of rotatable bonds is 8. The topological polar surface area (TPSA) is 84.9 Å². The monoisotopic (exact) mass is 566 g/mol. The summed E-state index contributed by atoms with van der Waals surface area (Å²) in [5.41, 5.74) is 3.13. The lowest BCUT2D eigenvalue weighted by molar-refractivity contribution is -0.122. The summed E-state index contributed by atoms with van der Waals surface area (Å²) < 4.78 is 12.0. The summed E-state index contributed by atoms with van der Waals surface area (Å²) in [7, 11) is 1.52. The van der Waals surface area contributed by atoms with Gasteiger partial charge in [-0.1, -0.05) is 66.2 Å². The lowest BCUT2D eigenvalue weighted by Crippen LogP contribution is -2.54. The van der Waals surface area contributed by atoms with Gasteiger partial charge in [-0.2, -0.15) is 0 Å². The van der Waals surface area contributed by atoms with Crippen molar-refractivity contribution in [1.29, 1.82) is 0 Å². The quantitative estimate of drug-likeness (QED) is 0.144. The molecule has 0 unspecified atom stereocenters. The van der Waals surface area contributed by atoms with Crippen LogP contribution in [0.3, 0.4) is 0 Å². The van der Waals surface area contributed by atoms with Crippen LogP contribution in [0.2, 0.25) is 5.02 Å². The zero-order valence-electron chi connectivity index (χ0n) is 22.6. The Morgan fingerprint density at radius 2 is 1.76 bits per heavy atom. The Kier molecular flexibility index (Phi) is 7.90. The molecule has 1 saturated heterocycles. The Morgan fingerprint density at radius 3 is 2.51 bits per heavy atom. The Hall–Kier alpha value is -4.88. The number of halogens is 1. The molecule has 206 valence electrons. The minimum absolute atomic E-state index is 0.211. The van der Waals surface area contributed by atoms with E-state index in [2.05, 4.69) is 30.1 Å². The van der Waals surface area contributed by atoms with Gasteiger partial charge < -0.3 is 9.47 Å². The maximum absolute atomic E-state index is 13.4. The maximum atomic E-state index is 13.4. The highest BCUT2D eigenvalue weighted by atomic mass is 35.5. The molecule has 0 saturated carbocycles. The summed E-state index contributed by atoms with van der Waals surface area (Å²) in [6.45, 7) is 5.97. The molecule has 4 aromatic rings. The van der Waals surface area contributed by atoms with Crippen molar-refractivity contribution in [1.82, 2.24) is 5.32 Å². The predicted molar refractivity (Wildman–Crippen MR) is 160 cm³/mol. The lowest BCUT2D eigenvalue weighted by Gasteiger charge is -2.26. The molecule has 0 aliphatic carbocycles. The molecule has 4 aromatic carbocycles. The lowest BCUT2D eigenvalue weighted by atomic mass is 10.0. The van der Waals surface area contributed by atoms with E-state index in [0.717, 1.165) is 32.4 Å². The smallest absolute Gasteiger partial charge is 0.335 e. The number of fused-ring (bicyclic) bond motifs is 1. The molecule has 0 atom stereocenters. The molecule has 1 N–H and O–H groups in total. The van der Waals surface area contributed by atoms with Gasteiger partial charge in [0.1, 0.15) is 12.2 Å². The van der Waals surface area contributed by atoms with E-state index in [0.29, 0.717) is 35.1 Å². The number of ether oxygens (including phenoxy) is 2. The van der Waals surface area contributed by atoms with E-state index in [1.807, 2.05) is 31.2 Å². The number of urea groups is 1. The van der Waals surface area contributed by atoms with Crippen LogP contribution in [0.4, 0.5) is 10.5 Å². The van der Waals surface area contributed by atoms with Gasteiger partial charge in [-0.25, -0.2) is 9.69 Å². The average molecular weight is 567 g/mol. The molecule has 0 spiro atoms. The first kappa shape index (κ1) is 27.7. The van der Waals surface area contributed by atoms with Crippen molar-refractivity contribution in [2.45, 2.75) is 20.0 Å². The Morgan fingerprint density at radius 1 is 0.976 bits per heavy atom. The summed E-state index contributed by atoms with van der Waals surface area (Å²) in [6.07, 6.45) is 3.61. The van der Waals surface area contributed by atoms with Gasteiger partial charge in [0, 0.05) is 10.6 Å². The number of carbonyl (C=O) groups excluding carboxylic acids is 3. The summed E-state index contributed by atoms with van der Waals surface area (Å²) in [5.74, 6) is -0.597. The number of carbonyl (C=O) groups is 3. The fraction of sp³-hybridized carbons (Fsp3) is 0.121. The van der Waals surface area contributed by atoms with Gasteiger partial charge in [0.2, 0.25) is 0 Å². The van der Waals surface area contributed by atoms with E-state index < -0.39 is 17.8 Å². The van der Waals surface area contributed by atoms with Crippen molar-refractivity contribution in [3.63, 3.8) is 0 Å². The van der Waals surface area contributed by atoms with Crippen molar-refractivity contribution in [3.05, 3.63) is 118 Å². The molecule has 0 radical (unpaired) electrons. The third-order valence-corrected chi connectivity index (χ3v) is 7.22. The van der Waals surface area contributed by atoms with E-state index >= 15 is 0 Å². The Labute approximate surface area is 242 Å².